The third-order valence-corrected chi connectivity index (χ3v) is 8.06. The first-order valence-corrected chi connectivity index (χ1v) is 9.73. The van der Waals surface area contributed by atoms with Gasteiger partial charge in [0.25, 0.3) is 0 Å². The van der Waals surface area contributed by atoms with E-state index in [4.69, 9.17) is 4.74 Å². The average Bonchev–Trinajstić information content (AvgIpc) is 2.79. The van der Waals surface area contributed by atoms with Crippen molar-refractivity contribution in [2.24, 2.45) is 34.5 Å². The van der Waals surface area contributed by atoms with Gasteiger partial charge in [0.1, 0.15) is 11.6 Å². The Morgan fingerprint density at radius 3 is 2.72 bits per heavy atom. The van der Waals surface area contributed by atoms with Crippen LogP contribution in [0.15, 0.2) is 23.4 Å². The third kappa shape index (κ3) is 2.39. The summed E-state index contributed by atoms with van der Waals surface area (Å²) >= 11 is 0. The minimum absolute atomic E-state index is 0.205. The molecule has 2 saturated carbocycles. The quantitative estimate of drug-likeness (QED) is 0.642. The molecule has 25 heavy (non-hydrogen) atoms. The van der Waals surface area contributed by atoms with E-state index in [2.05, 4.69) is 19.9 Å². The summed E-state index contributed by atoms with van der Waals surface area (Å²) in [5.41, 5.74) is -0.135. The van der Waals surface area contributed by atoms with Crippen LogP contribution in [0.4, 0.5) is 4.39 Å². The van der Waals surface area contributed by atoms with Gasteiger partial charge in [0.15, 0.2) is 0 Å². The molecule has 0 radical (unpaired) electrons. The van der Waals surface area contributed by atoms with Crippen LogP contribution in [0.2, 0.25) is 0 Å². The molecular weight excluding hydrogens is 319 g/mol. The maximum Gasteiger partial charge on any atom is 0.307 e. The van der Waals surface area contributed by atoms with Crippen LogP contribution in [-0.2, 0) is 9.53 Å². The smallest absolute Gasteiger partial charge is 0.307 e. The summed E-state index contributed by atoms with van der Waals surface area (Å²) in [5, 5.41) is 9.96. The zero-order chi connectivity index (χ0) is 18.0. The Morgan fingerprint density at radius 2 is 2.00 bits per heavy atom. The number of rotatable bonds is 1. The number of hydrogen-bond donors (Lipinski definition) is 1. The van der Waals surface area contributed by atoms with Crippen LogP contribution in [0.3, 0.4) is 0 Å². The third-order valence-electron chi connectivity index (χ3n) is 8.06. The van der Waals surface area contributed by atoms with Crippen molar-refractivity contribution in [1.29, 1.82) is 0 Å². The van der Waals surface area contributed by atoms with E-state index in [0.29, 0.717) is 35.7 Å². The van der Waals surface area contributed by atoms with Crippen molar-refractivity contribution in [2.75, 3.05) is 0 Å². The monoisotopic (exact) mass is 348 g/mol. The van der Waals surface area contributed by atoms with E-state index >= 15 is 0 Å². The standard InChI is InChI=1S/C21H29FO3/c1-12(23)25-19-18(22)11-17-15-5-4-13-10-14(24)6-8-20(13,2)16(15)7-9-21(17,19)3/h10,13,15-17,24H,4-9,11H2,1-3H3/t13?,15-,16+,17+,20+,21+/m1/s1. The van der Waals surface area contributed by atoms with Gasteiger partial charge in [-0.15, -0.1) is 0 Å². The Labute approximate surface area is 149 Å². The summed E-state index contributed by atoms with van der Waals surface area (Å²) in [6, 6.07) is 0. The molecule has 4 heteroatoms. The summed E-state index contributed by atoms with van der Waals surface area (Å²) in [6.07, 6.45) is 8.38. The van der Waals surface area contributed by atoms with E-state index in [-0.39, 0.29) is 22.6 Å². The molecule has 3 nitrogen and oxygen atoms in total. The van der Waals surface area contributed by atoms with E-state index < -0.39 is 5.97 Å². The molecule has 0 aromatic heterocycles. The second-order valence-electron chi connectivity index (χ2n) is 9.21. The SMILES string of the molecule is CC(=O)OC1=C(F)C[C@H]2[C@@H]3CCC4C=C(O)CC[C@]4(C)[C@H]3CC[C@]12C. The van der Waals surface area contributed by atoms with E-state index in [9.17, 15) is 14.3 Å². The zero-order valence-electron chi connectivity index (χ0n) is 15.5. The van der Waals surface area contributed by atoms with Crippen molar-refractivity contribution in [3.8, 4) is 0 Å². The molecule has 0 bridgehead atoms. The van der Waals surface area contributed by atoms with E-state index in [1.165, 1.54) is 6.92 Å². The molecule has 0 heterocycles. The zero-order valence-corrected chi connectivity index (χ0v) is 15.5. The average molecular weight is 348 g/mol. The first kappa shape index (κ1) is 17.1. The second kappa shape index (κ2) is 5.59. The van der Waals surface area contributed by atoms with Crippen LogP contribution in [-0.4, -0.2) is 11.1 Å². The number of carbonyl (C=O) groups excluding carboxylic acids is 1. The molecule has 0 saturated heterocycles. The summed E-state index contributed by atoms with van der Waals surface area (Å²) in [5.74, 6) is 1.96. The molecular formula is C21H29FO3. The van der Waals surface area contributed by atoms with Crippen LogP contribution in [0.25, 0.3) is 0 Å². The molecule has 0 aliphatic heterocycles. The molecule has 0 amide bonds. The van der Waals surface area contributed by atoms with Crippen LogP contribution in [0.1, 0.15) is 65.7 Å². The van der Waals surface area contributed by atoms with Crippen molar-refractivity contribution in [3.05, 3.63) is 23.4 Å². The van der Waals surface area contributed by atoms with Crippen molar-refractivity contribution >= 4 is 5.97 Å². The highest BCUT2D eigenvalue weighted by atomic mass is 19.1. The number of aliphatic hydroxyl groups is 1. The maximum atomic E-state index is 14.7. The van der Waals surface area contributed by atoms with Crippen LogP contribution < -0.4 is 0 Å². The number of allylic oxidation sites excluding steroid dienone is 4. The molecule has 6 atom stereocenters. The predicted octanol–water partition coefficient (Wildman–Crippen LogP) is 5.44. The van der Waals surface area contributed by atoms with Gasteiger partial charge >= 0.3 is 5.97 Å². The fourth-order valence-corrected chi connectivity index (χ4v) is 6.73. The lowest BCUT2D eigenvalue weighted by molar-refractivity contribution is -0.141. The second-order valence-corrected chi connectivity index (χ2v) is 9.21. The van der Waals surface area contributed by atoms with Crippen LogP contribution in [0, 0.1) is 34.5 Å². The number of halogens is 1. The van der Waals surface area contributed by atoms with Gasteiger partial charge in [-0.25, -0.2) is 4.39 Å². The molecule has 4 rings (SSSR count). The number of carbonyl (C=O) groups is 1. The number of aliphatic hydroxyl groups excluding tert-OH is 1. The lowest BCUT2D eigenvalue weighted by Gasteiger charge is -2.58. The summed E-state index contributed by atoms with van der Waals surface area (Å²) in [6.45, 7) is 5.83. The molecule has 2 fully saturated rings. The molecule has 0 aromatic carbocycles. The van der Waals surface area contributed by atoms with Crippen molar-refractivity contribution in [1.82, 2.24) is 0 Å². The fraction of sp³-hybridized carbons (Fsp3) is 0.762. The molecule has 1 unspecified atom stereocenters. The molecule has 1 N–H and O–H groups in total. The summed E-state index contributed by atoms with van der Waals surface area (Å²) < 4.78 is 20.0. The highest BCUT2D eigenvalue weighted by molar-refractivity contribution is 5.67. The number of esters is 1. The van der Waals surface area contributed by atoms with E-state index in [1.54, 1.807) is 0 Å². The van der Waals surface area contributed by atoms with E-state index in [0.717, 1.165) is 38.5 Å². The first-order chi connectivity index (χ1) is 11.8. The maximum absolute atomic E-state index is 14.7. The minimum Gasteiger partial charge on any atom is -0.513 e. The van der Waals surface area contributed by atoms with Gasteiger partial charge in [0, 0.05) is 25.2 Å². The van der Waals surface area contributed by atoms with Gasteiger partial charge in [-0.05, 0) is 67.3 Å². The van der Waals surface area contributed by atoms with Crippen molar-refractivity contribution < 1.29 is 19.0 Å². The highest BCUT2D eigenvalue weighted by Crippen LogP contribution is 2.67. The van der Waals surface area contributed by atoms with Crippen LogP contribution in [0.5, 0.6) is 0 Å². The van der Waals surface area contributed by atoms with Gasteiger partial charge in [0.05, 0.1) is 5.76 Å². The fourth-order valence-electron chi connectivity index (χ4n) is 6.73. The molecule has 4 aliphatic carbocycles. The summed E-state index contributed by atoms with van der Waals surface area (Å²) in [7, 11) is 0. The molecule has 0 spiro atoms. The Hall–Kier alpha value is -1.32. The Kier molecular flexibility index (Phi) is 3.82. The summed E-state index contributed by atoms with van der Waals surface area (Å²) in [4.78, 5) is 11.5. The lowest BCUT2D eigenvalue weighted by Crippen LogP contribution is -2.52. The topological polar surface area (TPSA) is 46.5 Å². The Morgan fingerprint density at radius 1 is 1.24 bits per heavy atom. The number of fused-ring (bicyclic) bond motifs is 5. The lowest BCUT2D eigenvalue weighted by atomic mass is 9.46. The largest absolute Gasteiger partial charge is 0.513 e. The van der Waals surface area contributed by atoms with Gasteiger partial charge in [-0.1, -0.05) is 13.8 Å². The number of hydrogen-bond acceptors (Lipinski definition) is 3. The van der Waals surface area contributed by atoms with Gasteiger partial charge < -0.3 is 9.84 Å². The van der Waals surface area contributed by atoms with Gasteiger partial charge in [-0.2, -0.15) is 0 Å². The van der Waals surface area contributed by atoms with E-state index in [1.807, 2.05) is 0 Å². The molecule has 0 aromatic rings. The van der Waals surface area contributed by atoms with Gasteiger partial charge in [0.2, 0.25) is 0 Å². The predicted molar refractivity (Wildman–Crippen MR) is 93.1 cm³/mol. The minimum atomic E-state index is -0.419. The van der Waals surface area contributed by atoms with Crippen molar-refractivity contribution in [3.63, 3.8) is 0 Å². The molecule has 138 valence electrons. The van der Waals surface area contributed by atoms with Crippen molar-refractivity contribution in [2.45, 2.75) is 65.7 Å². The van der Waals surface area contributed by atoms with Crippen LogP contribution >= 0.6 is 0 Å². The number of ether oxygens (including phenoxy) is 1. The Balaban J connectivity index is 1.64. The molecule has 4 aliphatic rings. The normalized spacial score (nSPS) is 46.0. The Bertz CT molecular complexity index is 666. The van der Waals surface area contributed by atoms with Gasteiger partial charge in [-0.3, -0.25) is 4.79 Å². The highest BCUT2D eigenvalue weighted by Gasteiger charge is 2.60. The first-order valence-electron chi connectivity index (χ1n) is 9.73.